The fraction of sp³-hybridized carbons (Fsp3) is 0.300. The Morgan fingerprint density at radius 3 is 2.80 bits per heavy atom. The van der Waals surface area contributed by atoms with Crippen LogP contribution in [-0.4, -0.2) is 18.5 Å². The van der Waals surface area contributed by atoms with Crippen LogP contribution in [0.15, 0.2) is 18.2 Å². The van der Waals surface area contributed by atoms with Crippen molar-refractivity contribution < 1.29 is 9.18 Å². The van der Waals surface area contributed by atoms with Crippen LogP contribution in [0.2, 0.25) is 0 Å². The van der Waals surface area contributed by atoms with Crippen LogP contribution in [0.4, 0.5) is 10.1 Å². The lowest BCUT2D eigenvalue weighted by atomic mass is 10.1. The summed E-state index contributed by atoms with van der Waals surface area (Å²) in [6.07, 6.45) is 0. The van der Waals surface area contributed by atoms with Gasteiger partial charge in [-0.2, -0.15) is 0 Å². The van der Waals surface area contributed by atoms with Crippen LogP contribution in [0.1, 0.15) is 17.3 Å². The van der Waals surface area contributed by atoms with Gasteiger partial charge in [0.2, 0.25) is 0 Å². The van der Waals surface area contributed by atoms with Gasteiger partial charge in [-0.25, -0.2) is 4.39 Å². The van der Waals surface area contributed by atoms with E-state index in [0.29, 0.717) is 12.2 Å². The van der Waals surface area contributed by atoms with Crippen molar-refractivity contribution in [1.82, 2.24) is 0 Å². The summed E-state index contributed by atoms with van der Waals surface area (Å²) in [7, 11) is 0. The molecule has 0 aromatic heterocycles. The molecule has 1 aromatic rings. The first-order chi connectivity index (χ1) is 7.00. The molecule has 15 heavy (non-hydrogen) atoms. The number of nitrogens with two attached hydrogens (primary N) is 2. The third-order valence-electron chi connectivity index (χ3n) is 1.86. The molecule has 1 amide bonds. The number of carbonyl (C=O) groups excluding carboxylic acids is 1. The zero-order chi connectivity index (χ0) is 11.4. The second kappa shape index (κ2) is 4.75. The molecule has 1 atom stereocenters. The third kappa shape index (κ3) is 3.21. The molecule has 0 aliphatic rings. The van der Waals surface area contributed by atoms with E-state index >= 15 is 0 Å². The highest BCUT2D eigenvalue weighted by Gasteiger charge is 2.09. The van der Waals surface area contributed by atoms with E-state index in [1.807, 2.05) is 6.92 Å². The lowest BCUT2D eigenvalue weighted by Crippen LogP contribution is -2.26. The normalized spacial score (nSPS) is 12.2. The van der Waals surface area contributed by atoms with Gasteiger partial charge < -0.3 is 16.8 Å². The number of hydrogen-bond donors (Lipinski definition) is 3. The molecule has 1 rings (SSSR count). The van der Waals surface area contributed by atoms with E-state index in [4.69, 9.17) is 11.5 Å². The lowest BCUT2D eigenvalue weighted by molar-refractivity contribution is 0.100. The van der Waals surface area contributed by atoms with Gasteiger partial charge in [0.25, 0.3) is 5.91 Å². The quantitative estimate of drug-likeness (QED) is 0.685. The van der Waals surface area contributed by atoms with Gasteiger partial charge in [-0.15, -0.1) is 0 Å². The number of benzene rings is 1. The Labute approximate surface area is 87.4 Å². The predicted molar refractivity (Wildman–Crippen MR) is 57.1 cm³/mol. The molecule has 1 unspecified atom stereocenters. The summed E-state index contributed by atoms with van der Waals surface area (Å²) >= 11 is 0. The summed E-state index contributed by atoms with van der Waals surface area (Å²) in [5.74, 6) is -1.16. The van der Waals surface area contributed by atoms with Gasteiger partial charge in [0.1, 0.15) is 5.82 Å². The number of amides is 1. The molecule has 0 heterocycles. The summed E-state index contributed by atoms with van der Waals surface area (Å²) in [5, 5.41) is 2.93. The van der Waals surface area contributed by atoms with Crippen LogP contribution < -0.4 is 16.8 Å². The number of carbonyl (C=O) groups is 1. The van der Waals surface area contributed by atoms with Crippen molar-refractivity contribution in [2.45, 2.75) is 13.0 Å². The van der Waals surface area contributed by atoms with Gasteiger partial charge in [0.15, 0.2) is 0 Å². The first-order valence-electron chi connectivity index (χ1n) is 4.59. The van der Waals surface area contributed by atoms with Gasteiger partial charge in [0.05, 0.1) is 5.56 Å². The molecular weight excluding hydrogens is 197 g/mol. The fourth-order valence-electron chi connectivity index (χ4n) is 1.15. The largest absolute Gasteiger partial charge is 0.383 e. The molecule has 82 valence electrons. The minimum absolute atomic E-state index is 0.0595. The summed E-state index contributed by atoms with van der Waals surface area (Å²) in [6.45, 7) is 2.31. The van der Waals surface area contributed by atoms with Crippen molar-refractivity contribution in [2.75, 3.05) is 11.9 Å². The number of anilines is 1. The molecular formula is C10H14FN3O. The molecule has 0 aliphatic carbocycles. The first kappa shape index (κ1) is 11.5. The van der Waals surface area contributed by atoms with Crippen LogP contribution >= 0.6 is 0 Å². The van der Waals surface area contributed by atoms with Crippen molar-refractivity contribution in [3.8, 4) is 0 Å². The Morgan fingerprint density at radius 2 is 2.27 bits per heavy atom. The molecule has 0 bridgehead atoms. The molecule has 4 nitrogen and oxygen atoms in total. The van der Waals surface area contributed by atoms with Crippen LogP contribution in [0.5, 0.6) is 0 Å². The molecule has 1 aromatic carbocycles. The van der Waals surface area contributed by atoms with Gasteiger partial charge >= 0.3 is 0 Å². The topological polar surface area (TPSA) is 81.1 Å². The maximum Gasteiger partial charge on any atom is 0.250 e. The van der Waals surface area contributed by atoms with E-state index in [9.17, 15) is 9.18 Å². The zero-order valence-electron chi connectivity index (χ0n) is 8.46. The standard InChI is InChI=1S/C10H14FN3O/c1-6(12)5-14-9-3-2-7(11)4-8(9)10(13)15/h2-4,6,14H,5,12H2,1H3,(H2,13,15). The van der Waals surface area contributed by atoms with Gasteiger partial charge in [0, 0.05) is 18.3 Å². The van der Waals surface area contributed by atoms with Crippen LogP contribution in [-0.2, 0) is 0 Å². The lowest BCUT2D eigenvalue weighted by Gasteiger charge is -2.11. The highest BCUT2D eigenvalue weighted by molar-refractivity contribution is 5.98. The minimum Gasteiger partial charge on any atom is -0.383 e. The highest BCUT2D eigenvalue weighted by atomic mass is 19.1. The van der Waals surface area contributed by atoms with Gasteiger partial charge in [-0.05, 0) is 25.1 Å². The van der Waals surface area contributed by atoms with Crippen molar-refractivity contribution in [1.29, 1.82) is 0 Å². The average molecular weight is 211 g/mol. The molecule has 0 spiro atoms. The number of rotatable bonds is 4. The van der Waals surface area contributed by atoms with Crippen LogP contribution in [0, 0.1) is 5.82 Å². The van der Waals surface area contributed by atoms with Gasteiger partial charge in [-0.1, -0.05) is 0 Å². The third-order valence-corrected chi connectivity index (χ3v) is 1.86. The molecule has 0 aliphatic heterocycles. The summed E-state index contributed by atoms with van der Waals surface area (Å²) in [4.78, 5) is 11.0. The SMILES string of the molecule is CC(N)CNc1ccc(F)cc1C(N)=O. The number of nitrogens with one attached hydrogen (secondary N) is 1. The molecule has 0 fully saturated rings. The number of hydrogen-bond acceptors (Lipinski definition) is 3. The minimum atomic E-state index is -0.665. The van der Waals surface area contributed by atoms with E-state index in [1.54, 1.807) is 0 Å². The highest BCUT2D eigenvalue weighted by Crippen LogP contribution is 2.16. The van der Waals surface area contributed by atoms with Crippen molar-refractivity contribution in [3.63, 3.8) is 0 Å². The Bertz CT molecular complexity index is 366. The van der Waals surface area contributed by atoms with E-state index in [2.05, 4.69) is 5.32 Å². The second-order valence-corrected chi connectivity index (χ2v) is 3.41. The monoisotopic (exact) mass is 211 g/mol. The predicted octanol–water partition coefficient (Wildman–Crippen LogP) is 0.684. The number of primary amides is 1. The Hall–Kier alpha value is -1.62. The Morgan fingerprint density at radius 1 is 1.60 bits per heavy atom. The Kier molecular flexibility index (Phi) is 3.62. The molecule has 0 saturated carbocycles. The van der Waals surface area contributed by atoms with Gasteiger partial charge in [-0.3, -0.25) is 4.79 Å². The number of halogens is 1. The van der Waals surface area contributed by atoms with E-state index < -0.39 is 11.7 Å². The van der Waals surface area contributed by atoms with E-state index in [-0.39, 0.29) is 11.6 Å². The average Bonchev–Trinajstić information content (AvgIpc) is 2.15. The molecule has 5 N–H and O–H groups in total. The van der Waals surface area contributed by atoms with E-state index in [1.165, 1.54) is 12.1 Å². The smallest absolute Gasteiger partial charge is 0.250 e. The van der Waals surface area contributed by atoms with Crippen molar-refractivity contribution in [2.24, 2.45) is 11.5 Å². The zero-order valence-corrected chi connectivity index (χ0v) is 8.46. The fourth-order valence-corrected chi connectivity index (χ4v) is 1.15. The van der Waals surface area contributed by atoms with Crippen molar-refractivity contribution in [3.05, 3.63) is 29.6 Å². The maximum absolute atomic E-state index is 12.8. The summed E-state index contributed by atoms with van der Waals surface area (Å²) < 4.78 is 12.8. The summed E-state index contributed by atoms with van der Waals surface area (Å²) in [5.41, 5.74) is 11.3. The van der Waals surface area contributed by atoms with Crippen LogP contribution in [0.3, 0.4) is 0 Å². The second-order valence-electron chi connectivity index (χ2n) is 3.41. The van der Waals surface area contributed by atoms with E-state index in [0.717, 1.165) is 6.07 Å². The molecule has 0 saturated heterocycles. The Balaban J connectivity index is 2.91. The van der Waals surface area contributed by atoms with Crippen molar-refractivity contribution >= 4 is 11.6 Å². The van der Waals surface area contributed by atoms with Crippen LogP contribution in [0.25, 0.3) is 0 Å². The first-order valence-corrected chi connectivity index (χ1v) is 4.59. The molecule has 0 radical (unpaired) electrons. The summed E-state index contributed by atoms with van der Waals surface area (Å²) in [6, 6.07) is 3.77. The molecule has 5 heteroatoms. The maximum atomic E-state index is 12.8.